The summed E-state index contributed by atoms with van der Waals surface area (Å²) < 4.78 is 0. The second-order valence-electron chi connectivity index (χ2n) is 5.12. The summed E-state index contributed by atoms with van der Waals surface area (Å²) in [6, 6.07) is 12.6. The van der Waals surface area contributed by atoms with E-state index >= 15 is 0 Å². The highest BCUT2D eigenvalue weighted by molar-refractivity contribution is 5.42. The van der Waals surface area contributed by atoms with E-state index in [1.54, 1.807) is 6.20 Å². The van der Waals surface area contributed by atoms with Crippen LogP contribution in [0.3, 0.4) is 0 Å². The first-order valence-electron chi connectivity index (χ1n) is 7.19. The average Bonchev–Trinajstić information content (AvgIpc) is 2.51. The Morgan fingerprint density at radius 2 is 2.00 bits per heavy atom. The van der Waals surface area contributed by atoms with E-state index in [1.165, 1.54) is 5.56 Å². The molecule has 0 saturated carbocycles. The van der Waals surface area contributed by atoms with Crippen molar-refractivity contribution in [3.05, 3.63) is 60.8 Å². The van der Waals surface area contributed by atoms with Gasteiger partial charge in [0, 0.05) is 25.3 Å². The summed E-state index contributed by atoms with van der Waals surface area (Å²) in [5.41, 5.74) is 1.25. The Morgan fingerprint density at radius 1 is 1.24 bits per heavy atom. The first-order chi connectivity index (χ1) is 10.2. The molecule has 1 aromatic heterocycles. The molecular formula is C17H22N4. The fraction of sp³-hybridized carbons (Fsp3) is 0.294. The van der Waals surface area contributed by atoms with Gasteiger partial charge in [0.25, 0.3) is 0 Å². The molecule has 0 aliphatic carbocycles. The number of aromatic nitrogens is 2. The van der Waals surface area contributed by atoms with Crippen molar-refractivity contribution in [2.75, 3.05) is 16.8 Å². The van der Waals surface area contributed by atoms with Gasteiger partial charge in [0.05, 0.1) is 0 Å². The summed E-state index contributed by atoms with van der Waals surface area (Å²) in [4.78, 5) is 11.2. The monoisotopic (exact) mass is 282 g/mol. The lowest BCUT2D eigenvalue weighted by molar-refractivity contribution is 0.661. The fourth-order valence-electron chi connectivity index (χ4n) is 2.03. The summed E-state index contributed by atoms with van der Waals surface area (Å²) in [6.45, 7) is 9.49. The summed E-state index contributed by atoms with van der Waals surface area (Å²) >= 11 is 0. The van der Waals surface area contributed by atoms with E-state index in [0.717, 1.165) is 18.3 Å². The number of hydrogen-bond acceptors (Lipinski definition) is 4. The predicted molar refractivity (Wildman–Crippen MR) is 88.5 cm³/mol. The molecule has 2 aromatic rings. The Balaban J connectivity index is 2.19. The SMILES string of the molecule is C=CCNc1ccnc(N(Cc2ccccc2)C(C)C)n1. The van der Waals surface area contributed by atoms with Crippen LogP contribution in [0.1, 0.15) is 19.4 Å². The largest absolute Gasteiger partial charge is 0.366 e. The van der Waals surface area contributed by atoms with Crippen LogP contribution < -0.4 is 10.2 Å². The van der Waals surface area contributed by atoms with Crippen molar-refractivity contribution in [2.24, 2.45) is 0 Å². The Labute approximate surface area is 126 Å². The summed E-state index contributed by atoms with van der Waals surface area (Å²) in [5, 5.41) is 3.20. The third-order valence-corrected chi connectivity index (χ3v) is 3.15. The maximum Gasteiger partial charge on any atom is 0.227 e. The topological polar surface area (TPSA) is 41.1 Å². The van der Waals surface area contributed by atoms with Crippen LogP contribution in [-0.4, -0.2) is 22.6 Å². The summed E-state index contributed by atoms with van der Waals surface area (Å²) in [6.07, 6.45) is 3.60. The minimum Gasteiger partial charge on any atom is -0.366 e. The fourth-order valence-corrected chi connectivity index (χ4v) is 2.03. The van der Waals surface area contributed by atoms with E-state index in [9.17, 15) is 0 Å². The van der Waals surface area contributed by atoms with Crippen LogP contribution in [-0.2, 0) is 6.54 Å². The number of nitrogens with one attached hydrogen (secondary N) is 1. The van der Waals surface area contributed by atoms with E-state index < -0.39 is 0 Å². The number of nitrogens with zero attached hydrogens (tertiary/aromatic N) is 3. The molecule has 21 heavy (non-hydrogen) atoms. The van der Waals surface area contributed by atoms with Gasteiger partial charge < -0.3 is 10.2 Å². The molecule has 1 heterocycles. The van der Waals surface area contributed by atoms with Crippen molar-refractivity contribution in [1.82, 2.24) is 9.97 Å². The maximum atomic E-state index is 4.58. The van der Waals surface area contributed by atoms with Gasteiger partial charge in [-0.3, -0.25) is 0 Å². The molecule has 0 fully saturated rings. The van der Waals surface area contributed by atoms with Crippen LogP contribution in [0.5, 0.6) is 0 Å². The molecule has 4 heteroatoms. The van der Waals surface area contributed by atoms with E-state index in [2.05, 4.69) is 64.9 Å². The molecule has 0 unspecified atom stereocenters. The summed E-state index contributed by atoms with van der Waals surface area (Å²) in [7, 11) is 0. The first-order valence-corrected chi connectivity index (χ1v) is 7.19. The zero-order valence-electron chi connectivity index (χ0n) is 12.7. The highest BCUT2D eigenvalue weighted by atomic mass is 15.3. The van der Waals surface area contributed by atoms with Gasteiger partial charge >= 0.3 is 0 Å². The number of rotatable bonds is 7. The van der Waals surface area contributed by atoms with Gasteiger partial charge in [-0.15, -0.1) is 6.58 Å². The number of hydrogen-bond donors (Lipinski definition) is 1. The normalized spacial score (nSPS) is 10.4. The zero-order valence-corrected chi connectivity index (χ0v) is 12.7. The second kappa shape index (κ2) is 7.43. The van der Waals surface area contributed by atoms with Crippen molar-refractivity contribution in [2.45, 2.75) is 26.4 Å². The Kier molecular flexibility index (Phi) is 5.32. The van der Waals surface area contributed by atoms with Gasteiger partial charge in [0.2, 0.25) is 5.95 Å². The van der Waals surface area contributed by atoms with Gasteiger partial charge in [0.1, 0.15) is 5.82 Å². The van der Waals surface area contributed by atoms with Crippen molar-refractivity contribution in [1.29, 1.82) is 0 Å². The van der Waals surface area contributed by atoms with Crippen LogP contribution in [0.25, 0.3) is 0 Å². The highest BCUT2D eigenvalue weighted by Gasteiger charge is 2.14. The molecule has 0 atom stereocenters. The molecular weight excluding hydrogens is 260 g/mol. The highest BCUT2D eigenvalue weighted by Crippen LogP contribution is 2.17. The molecule has 0 saturated heterocycles. The minimum absolute atomic E-state index is 0.319. The van der Waals surface area contributed by atoms with Crippen molar-refractivity contribution in [3.63, 3.8) is 0 Å². The molecule has 0 spiro atoms. The minimum atomic E-state index is 0.319. The smallest absolute Gasteiger partial charge is 0.227 e. The second-order valence-corrected chi connectivity index (χ2v) is 5.12. The van der Waals surface area contributed by atoms with E-state index in [1.807, 2.05) is 18.2 Å². The maximum absolute atomic E-state index is 4.58. The lowest BCUT2D eigenvalue weighted by Crippen LogP contribution is -2.31. The van der Waals surface area contributed by atoms with Crippen LogP contribution in [0, 0.1) is 0 Å². The zero-order chi connectivity index (χ0) is 15.1. The lowest BCUT2D eigenvalue weighted by Gasteiger charge is -2.27. The Hall–Kier alpha value is -2.36. The first kappa shape index (κ1) is 15.0. The lowest BCUT2D eigenvalue weighted by atomic mass is 10.2. The Bertz CT molecular complexity index is 566. The van der Waals surface area contributed by atoms with E-state index in [-0.39, 0.29) is 0 Å². The third kappa shape index (κ3) is 4.31. The standard InChI is InChI=1S/C17H22N4/c1-4-11-18-16-10-12-19-17(20-16)21(14(2)3)13-15-8-6-5-7-9-15/h4-10,12,14H,1,11,13H2,2-3H3,(H,18,19,20). The van der Waals surface area contributed by atoms with Gasteiger partial charge in [0.15, 0.2) is 0 Å². The van der Waals surface area contributed by atoms with Crippen LogP contribution in [0.2, 0.25) is 0 Å². The van der Waals surface area contributed by atoms with Crippen molar-refractivity contribution >= 4 is 11.8 Å². The predicted octanol–water partition coefficient (Wildman–Crippen LogP) is 3.49. The third-order valence-electron chi connectivity index (χ3n) is 3.15. The van der Waals surface area contributed by atoms with Crippen LogP contribution in [0.15, 0.2) is 55.3 Å². The molecule has 0 aliphatic rings. The molecule has 0 amide bonds. The van der Waals surface area contributed by atoms with Gasteiger partial charge in [-0.1, -0.05) is 36.4 Å². The summed E-state index contributed by atoms with van der Waals surface area (Å²) in [5.74, 6) is 1.56. The van der Waals surface area contributed by atoms with Crippen molar-refractivity contribution in [3.8, 4) is 0 Å². The molecule has 1 aromatic carbocycles. The molecule has 0 bridgehead atoms. The molecule has 0 aliphatic heterocycles. The number of anilines is 2. The van der Waals surface area contributed by atoms with Crippen LogP contribution in [0.4, 0.5) is 11.8 Å². The van der Waals surface area contributed by atoms with Crippen LogP contribution >= 0.6 is 0 Å². The molecule has 4 nitrogen and oxygen atoms in total. The van der Waals surface area contributed by atoms with Crippen molar-refractivity contribution < 1.29 is 0 Å². The average molecular weight is 282 g/mol. The quantitative estimate of drug-likeness (QED) is 0.789. The molecule has 110 valence electrons. The Morgan fingerprint density at radius 3 is 2.67 bits per heavy atom. The molecule has 2 rings (SSSR count). The molecule has 0 radical (unpaired) electrons. The van der Waals surface area contributed by atoms with Gasteiger partial charge in [-0.2, -0.15) is 4.98 Å². The molecule has 1 N–H and O–H groups in total. The van der Waals surface area contributed by atoms with Gasteiger partial charge in [-0.05, 0) is 25.5 Å². The number of benzene rings is 1. The van der Waals surface area contributed by atoms with E-state index in [4.69, 9.17) is 0 Å². The van der Waals surface area contributed by atoms with E-state index in [0.29, 0.717) is 12.6 Å². The van der Waals surface area contributed by atoms with Gasteiger partial charge in [-0.25, -0.2) is 4.98 Å².